The summed E-state index contributed by atoms with van der Waals surface area (Å²) in [5.74, 6) is -0.583. The molecule has 0 saturated heterocycles. The molecular formula is C14H14NOZn2-. The monoisotopic (exact) mass is 340 g/mol. The van der Waals surface area contributed by atoms with Crippen LogP contribution >= 0.6 is 0 Å². The summed E-state index contributed by atoms with van der Waals surface area (Å²) < 4.78 is 0. The molecule has 2 rings (SSSR count). The fourth-order valence-electron chi connectivity index (χ4n) is 0.684. The SMILES string of the molecule is [CH2-]C(N)=O.[Zn+2].[Zn].[c-]1ccccc1.[c-]1ccccc1. The molecular weight excluding hydrogens is 329 g/mol. The van der Waals surface area contributed by atoms with Crippen LogP contribution in [0.5, 0.6) is 0 Å². The maximum absolute atomic E-state index is 9.11. The van der Waals surface area contributed by atoms with Crippen molar-refractivity contribution in [2.45, 2.75) is 0 Å². The molecule has 0 unspecified atom stereocenters. The maximum Gasteiger partial charge on any atom is 2.00 e. The molecule has 86 valence electrons. The van der Waals surface area contributed by atoms with Crippen molar-refractivity contribution in [1.82, 2.24) is 0 Å². The zero-order valence-corrected chi connectivity index (χ0v) is 16.3. The molecule has 1 amide bonds. The predicted octanol–water partition coefficient (Wildman–Crippen LogP) is 2.27. The quantitative estimate of drug-likeness (QED) is 0.579. The van der Waals surface area contributed by atoms with Crippen LogP contribution in [0.2, 0.25) is 0 Å². The Morgan fingerprint density at radius 1 is 0.833 bits per heavy atom. The number of benzene rings is 2. The molecule has 0 aliphatic carbocycles. The molecule has 0 aliphatic rings. The van der Waals surface area contributed by atoms with Gasteiger partial charge >= 0.3 is 19.5 Å². The van der Waals surface area contributed by atoms with Gasteiger partial charge in [-0.3, -0.25) is 0 Å². The summed E-state index contributed by atoms with van der Waals surface area (Å²) in [7, 11) is 0. The van der Waals surface area contributed by atoms with Gasteiger partial charge in [0.15, 0.2) is 0 Å². The third kappa shape index (κ3) is 24.3. The second-order valence-corrected chi connectivity index (χ2v) is 2.62. The van der Waals surface area contributed by atoms with E-state index >= 15 is 0 Å². The molecule has 18 heavy (non-hydrogen) atoms. The van der Waals surface area contributed by atoms with Gasteiger partial charge in [0.2, 0.25) is 0 Å². The second kappa shape index (κ2) is 18.4. The Labute approximate surface area is 134 Å². The predicted molar refractivity (Wildman–Crippen MR) is 65.1 cm³/mol. The van der Waals surface area contributed by atoms with E-state index in [1.54, 1.807) is 0 Å². The molecule has 4 heteroatoms. The Morgan fingerprint density at radius 2 is 1.06 bits per heavy atom. The van der Waals surface area contributed by atoms with Crippen molar-refractivity contribution in [3.8, 4) is 0 Å². The average Bonchev–Trinajstić information content (AvgIpc) is 2.34. The molecule has 0 heterocycles. The van der Waals surface area contributed by atoms with Crippen LogP contribution in [-0.4, -0.2) is 5.91 Å². The van der Waals surface area contributed by atoms with Crippen molar-refractivity contribution in [3.63, 3.8) is 0 Å². The van der Waals surface area contributed by atoms with Crippen molar-refractivity contribution >= 4 is 5.91 Å². The van der Waals surface area contributed by atoms with Crippen molar-refractivity contribution in [2.75, 3.05) is 0 Å². The molecule has 0 fully saturated rings. The molecule has 0 bridgehead atoms. The van der Waals surface area contributed by atoms with Crippen LogP contribution in [0.1, 0.15) is 0 Å². The Bertz CT molecular complexity index is 266. The number of hydrogen-bond donors (Lipinski definition) is 1. The summed E-state index contributed by atoms with van der Waals surface area (Å²) in [4.78, 5) is 9.11. The van der Waals surface area contributed by atoms with Crippen LogP contribution in [-0.2, 0) is 43.8 Å². The molecule has 0 atom stereocenters. The summed E-state index contributed by atoms with van der Waals surface area (Å²) in [5, 5.41) is 0. The van der Waals surface area contributed by atoms with Crippen LogP contribution in [0.25, 0.3) is 0 Å². The molecule has 0 aromatic heterocycles. The number of hydrogen-bond acceptors (Lipinski definition) is 1. The number of amides is 1. The van der Waals surface area contributed by atoms with Gasteiger partial charge in [0.1, 0.15) is 0 Å². The van der Waals surface area contributed by atoms with Gasteiger partial charge in [-0.25, -0.2) is 0 Å². The molecule has 0 radical (unpaired) electrons. The number of carbonyl (C=O) groups excluding carboxylic acids is 1. The largest absolute Gasteiger partial charge is 2.00 e. The van der Waals surface area contributed by atoms with E-state index in [0.717, 1.165) is 0 Å². The van der Waals surface area contributed by atoms with Gasteiger partial charge in [0.25, 0.3) is 0 Å². The minimum absolute atomic E-state index is 0. The summed E-state index contributed by atoms with van der Waals surface area (Å²) in [6.07, 6.45) is 0. The molecule has 2 aromatic carbocycles. The van der Waals surface area contributed by atoms with E-state index < -0.39 is 5.91 Å². The standard InChI is InChI=1S/2C6H5.C2H4NO.2Zn/c2*1-2-4-6-5-3-1;1-2(3)4;;/h2*1-5H;1H2,(H2,3,4);;/q3*-1;;+2. The van der Waals surface area contributed by atoms with E-state index in [0.29, 0.717) is 0 Å². The summed E-state index contributed by atoms with van der Waals surface area (Å²) >= 11 is 0. The first kappa shape index (κ1) is 22.2. The van der Waals surface area contributed by atoms with E-state index in [2.05, 4.69) is 24.8 Å². The van der Waals surface area contributed by atoms with Crippen LogP contribution in [0.3, 0.4) is 0 Å². The number of carbonyl (C=O) groups is 1. The Morgan fingerprint density at radius 3 is 1.11 bits per heavy atom. The first-order valence-electron chi connectivity index (χ1n) is 4.67. The summed E-state index contributed by atoms with van der Waals surface area (Å²) in [5.41, 5.74) is 4.36. The van der Waals surface area contributed by atoms with Crippen molar-refractivity contribution < 1.29 is 43.8 Å². The van der Waals surface area contributed by atoms with Crippen molar-refractivity contribution in [3.05, 3.63) is 79.7 Å². The fraction of sp³-hybridized carbons (Fsp3) is 0. The molecule has 0 saturated carbocycles. The van der Waals surface area contributed by atoms with Gasteiger partial charge in [-0.15, -0.1) is 0 Å². The Hall–Kier alpha value is -0.973. The van der Waals surface area contributed by atoms with Gasteiger partial charge in [-0.1, -0.05) is 0 Å². The molecule has 2 N–H and O–H groups in total. The maximum atomic E-state index is 9.11. The van der Waals surface area contributed by atoms with Crippen molar-refractivity contribution in [1.29, 1.82) is 0 Å². The number of rotatable bonds is 0. The van der Waals surface area contributed by atoms with Gasteiger partial charge in [-0.2, -0.15) is 72.8 Å². The molecule has 2 nitrogen and oxygen atoms in total. The van der Waals surface area contributed by atoms with Gasteiger partial charge in [0, 0.05) is 19.5 Å². The average molecular weight is 343 g/mol. The van der Waals surface area contributed by atoms with E-state index in [9.17, 15) is 0 Å². The van der Waals surface area contributed by atoms with Gasteiger partial charge in [0.05, 0.1) is 5.91 Å². The minimum atomic E-state index is -0.583. The van der Waals surface area contributed by atoms with E-state index in [1.165, 1.54) is 0 Å². The fourth-order valence-corrected chi connectivity index (χ4v) is 0.684. The first-order chi connectivity index (χ1) is 7.73. The first-order valence-corrected chi connectivity index (χ1v) is 4.67. The zero-order chi connectivity index (χ0) is 12.1. The Balaban J connectivity index is -0.000000182. The van der Waals surface area contributed by atoms with Crippen molar-refractivity contribution in [2.24, 2.45) is 5.73 Å². The third-order valence-electron chi connectivity index (χ3n) is 1.21. The summed E-state index contributed by atoms with van der Waals surface area (Å²) in [6, 6.07) is 25.0. The van der Waals surface area contributed by atoms with Crippen LogP contribution in [0.4, 0.5) is 0 Å². The molecule has 2 aromatic rings. The number of primary amides is 1. The van der Waals surface area contributed by atoms with Crippen LogP contribution < -0.4 is 5.73 Å². The topological polar surface area (TPSA) is 43.1 Å². The summed E-state index contributed by atoms with van der Waals surface area (Å²) in [6.45, 7) is 2.78. The van der Waals surface area contributed by atoms with E-state index in [-0.39, 0.29) is 39.0 Å². The van der Waals surface area contributed by atoms with Crippen LogP contribution in [0, 0.1) is 19.1 Å². The van der Waals surface area contributed by atoms with E-state index in [4.69, 9.17) is 4.79 Å². The van der Waals surface area contributed by atoms with Gasteiger partial charge in [-0.05, 0) is 0 Å². The molecule has 0 spiro atoms. The minimum Gasteiger partial charge on any atom is -0.395 e. The zero-order valence-electron chi connectivity index (χ0n) is 10.4. The molecule has 0 aliphatic heterocycles. The number of nitrogens with two attached hydrogens (primary N) is 1. The second-order valence-electron chi connectivity index (χ2n) is 2.62. The third-order valence-corrected chi connectivity index (χ3v) is 1.21. The normalized spacial score (nSPS) is 6.67. The van der Waals surface area contributed by atoms with Gasteiger partial charge < -0.3 is 17.5 Å². The Kier molecular flexibility index (Phi) is 22.7. The smallest absolute Gasteiger partial charge is 0.395 e. The van der Waals surface area contributed by atoms with E-state index in [1.807, 2.05) is 60.7 Å². The van der Waals surface area contributed by atoms with Crippen LogP contribution in [0.15, 0.2) is 60.7 Å².